The first-order chi connectivity index (χ1) is 14.5. The van der Waals surface area contributed by atoms with Crippen LogP contribution in [0.25, 0.3) is 10.8 Å². The van der Waals surface area contributed by atoms with Gasteiger partial charge in [0.2, 0.25) is 0 Å². The number of carbonyl (C=O) groups is 2. The fourth-order valence-corrected chi connectivity index (χ4v) is 3.49. The molecule has 1 atom stereocenters. The first-order valence-electron chi connectivity index (χ1n) is 9.83. The summed E-state index contributed by atoms with van der Waals surface area (Å²) >= 11 is 0. The quantitative estimate of drug-likeness (QED) is 0.593. The van der Waals surface area contributed by atoms with Crippen LogP contribution >= 0.6 is 0 Å². The van der Waals surface area contributed by atoms with Crippen molar-refractivity contribution in [1.29, 1.82) is 0 Å². The predicted octanol–water partition coefficient (Wildman–Crippen LogP) is 2.88. The molecule has 6 heteroatoms. The molecule has 0 radical (unpaired) electrons. The lowest BCUT2D eigenvalue weighted by molar-refractivity contribution is -0.139. The lowest BCUT2D eigenvalue weighted by Crippen LogP contribution is -2.43. The summed E-state index contributed by atoms with van der Waals surface area (Å²) in [4.78, 5) is 26.7. The fraction of sp³-hybridized carbons (Fsp3) is 0.250. The number of rotatable bonds is 7. The van der Waals surface area contributed by atoms with Gasteiger partial charge in [-0.2, -0.15) is 0 Å². The van der Waals surface area contributed by atoms with Gasteiger partial charge in [0.05, 0.1) is 13.2 Å². The molecular weight excluding hydrogens is 378 g/mol. The molecule has 3 aromatic carbocycles. The highest BCUT2D eigenvalue weighted by molar-refractivity contribution is 6.35. The van der Waals surface area contributed by atoms with E-state index in [1.807, 2.05) is 61.5 Å². The van der Waals surface area contributed by atoms with E-state index in [9.17, 15) is 9.59 Å². The molecule has 0 spiro atoms. The molecule has 156 valence electrons. The number of hydrogen-bond donors (Lipinski definition) is 2. The lowest BCUT2D eigenvalue weighted by Gasteiger charge is -2.26. The van der Waals surface area contributed by atoms with Crippen LogP contribution in [0.5, 0.6) is 5.75 Å². The van der Waals surface area contributed by atoms with Gasteiger partial charge in [-0.3, -0.25) is 9.59 Å². The van der Waals surface area contributed by atoms with Gasteiger partial charge in [-0.1, -0.05) is 60.7 Å². The van der Waals surface area contributed by atoms with E-state index in [1.165, 1.54) is 0 Å². The first kappa shape index (κ1) is 21.3. The minimum atomic E-state index is -0.670. The Kier molecular flexibility index (Phi) is 7.03. The van der Waals surface area contributed by atoms with E-state index in [0.29, 0.717) is 12.3 Å². The van der Waals surface area contributed by atoms with Crippen molar-refractivity contribution in [3.63, 3.8) is 0 Å². The molecule has 6 nitrogen and oxygen atoms in total. The average molecular weight is 405 g/mol. The number of likely N-dealkylation sites (N-methyl/N-ethyl adjacent to an activating group) is 1. The number of nitrogens with zero attached hydrogens (tertiary/aromatic N) is 1. The van der Waals surface area contributed by atoms with Gasteiger partial charge in [-0.15, -0.1) is 0 Å². The maximum absolute atomic E-state index is 12.4. The zero-order valence-corrected chi connectivity index (χ0v) is 17.5. The Morgan fingerprint density at radius 2 is 1.57 bits per heavy atom. The summed E-state index contributed by atoms with van der Waals surface area (Å²) in [6.45, 7) is 0.540. The van der Waals surface area contributed by atoms with Gasteiger partial charge in [0, 0.05) is 18.7 Å². The van der Waals surface area contributed by atoms with Crippen molar-refractivity contribution in [2.24, 2.45) is 0 Å². The highest BCUT2D eigenvalue weighted by atomic mass is 16.5. The number of fused-ring (bicyclic) bond motifs is 1. The van der Waals surface area contributed by atoms with Crippen molar-refractivity contribution in [2.45, 2.75) is 12.6 Å². The van der Waals surface area contributed by atoms with Crippen LogP contribution in [0.3, 0.4) is 0 Å². The van der Waals surface area contributed by atoms with Crippen LogP contribution in [0, 0.1) is 0 Å². The number of benzene rings is 3. The second kappa shape index (κ2) is 9.89. The SMILES string of the molecule is COc1ccccc1CNC(=O)C(=O)NCC(c1cccc2ccccc12)N(C)C. The molecule has 0 heterocycles. The summed E-state index contributed by atoms with van der Waals surface area (Å²) in [5.74, 6) is -0.657. The van der Waals surface area contributed by atoms with Crippen LogP contribution in [0.1, 0.15) is 17.2 Å². The van der Waals surface area contributed by atoms with Crippen molar-refractivity contribution in [3.8, 4) is 5.75 Å². The molecule has 3 aromatic rings. The highest BCUT2D eigenvalue weighted by Crippen LogP contribution is 2.26. The molecule has 1 unspecified atom stereocenters. The number of amides is 2. The number of nitrogens with one attached hydrogen (secondary N) is 2. The Morgan fingerprint density at radius 3 is 2.33 bits per heavy atom. The smallest absolute Gasteiger partial charge is 0.309 e. The number of ether oxygens (including phenoxy) is 1. The Bertz CT molecular complexity index is 1030. The van der Waals surface area contributed by atoms with E-state index in [4.69, 9.17) is 4.74 Å². The minimum Gasteiger partial charge on any atom is -0.496 e. The van der Waals surface area contributed by atoms with Crippen molar-refractivity contribution in [3.05, 3.63) is 77.9 Å². The van der Waals surface area contributed by atoms with Crippen LogP contribution in [-0.2, 0) is 16.1 Å². The molecule has 2 N–H and O–H groups in total. The second-order valence-corrected chi connectivity index (χ2v) is 7.25. The molecule has 0 bridgehead atoms. The molecule has 0 saturated carbocycles. The Labute approximate surface area is 176 Å². The van der Waals surface area contributed by atoms with E-state index in [-0.39, 0.29) is 12.6 Å². The molecule has 0 aliphatic rings. The normalized spacial score (nSPS) is 11.9. The molecule has 0 aliphatic carbocycles. The summed E-state index contributed by atoms with van der Waals surface area (Å²) in [6, 6.07) is 21.6. The summed E-state index contributed by atoms with van der Waals surface area (Å²) in [6.07, 6.45) is 0. The Balaban J connectivity index is 1.64. The van der Waals surface area contributed by atoms with Gasteiger partial charge in [0.15, 0.2) is 0 Å². The van der Waals surface area contributed by atoms with Crippen LogP contribution in [0.4, 0.5) is 0 Å². The maximum Gasteiger partial charge on any atom is 0.309 e. The third-order valence-electron chi connectivity index (χ3n) is 5.10. The molecule has 0 saturated heterocycles. The van der Waals surface area contributed by atoms with Gasteiger partial charge >= 0.3 is 11.8 Å². The van der Waals surface area contributed by atoms with Crippen LogP contribution < -0.4 is 15.4 Å². The molecular formula is C24H27N3O3. The van der Waals surface area contributed by atoms with Crippen LogP contribution in [0.2, 0.25) is 0 Å². The number of para-hydroxylation sites is 1. The maximum atomic E-state index is 12.4. The third kappa shape index (κ3) is 4.96. The van der Waals surface area contributed by atoms with Gasteiger partial charge in [0.25, 0.3) is 0 Å². The van der Waals surface area contributed by atoms with Gasteiger partial charge < -0.3 is 20.3 Å². The molecule has 30 heavy (non-hydrogen) atoms. The Hall–Kier alpha value is -3.38. The van der Waals surface area contributed by atoms with E-state index in [1.54, 1.807) is 7.11 Å². The number of methoxy groups -OCH3 is 1. The van der Waals surface area contributed by atoms with Gasteiger partial charge in [-0.05, 0) is 36.5 Å². The van der Waals surface area contributed by atoms with Gasteiger partial charge in [-0.25, -0.2) is 0 Å². The molecule has 0 aliphatic heterocycles. The topological polar surface area (TPSA) is 70.7 Å². The van der Waals surface area contributed by atoms with E-state index >= 15 is 0 Å². The van der Waals surface area contributed by atoms with Crippen molar-refractivity contribution in [1.82, 2.24) is 15.5 Å². The van der Waals surface area contributed by atoms with Crippen LogP contribution in [0.15, 0.2) is 66.7 Å². The number of hydrogen-bond acceptors (Lipinski definition) is 4. The molecule has 0 aromatic heterocycles. The second-order valence-electron chi connectivity index (χ2n) is 7.25. The average Bonchev–Trinajstić information content (AvgIpc) is 2.77. The first-order valence-corrected chi connectivity index (χ1v) is 9.83. The number of carbonyl (C=O) groups excluding carboxylic acids is 2. The van der Waals surface area contributed by atoms with E-state index < -0.39 is 11.8 Å². The van der Waals surface area contributed by atoms with Crippen molar-refractivity contribution >= 4 is 22.6 Å². The molecule has 3 rings (SSSR count). The van der Waals surface area contributed by atoms with Crippen molar-refractivity contribution in [2.75, 3.05) is 27.7 Å². The van der Waals surface area contributed by atoms with Crippen LogP contribution in [-0.4, -0.2) is 44.5 Å². The predicted molar refractivity (Wildman–Crippen MR) is 118 cm³/mol. The largest absolute Gasteiger partial charge is 0.496 e. The van der Waals surface area contributed by atoms with E-state index in [2.05, 4.69) is 34.9 Å². The molecule has 2 amide bonds. The molecule has 0 fully saturated rings. The fourth-order valence-electron chi connectivity index (χ4n) is 3.49. The Morgan fingerprint density at radius 1 is 0.900 bits per heavy atom. The van der Waals surface area contributed by atoms with Gasteiger partial charge in [0.1, 0.15) is 5.75 Å². The summed E-state index contributed by atoms with van der Waals surface area (Å²) in [7, 11) is 5.49. The highest BCUT2D eigenvalue weighted by Gasteiger charge is 2.20. The summed E-state index contributed by atoms with van der Waals surface area (Å²) in [5.41, 5.74) is 1.91. The standard InChI is InChI=1S/C24H27N3O3/c1-27(2)21(20-13-8-11-17-9-4-6-12-19(17)20)16-26-24(29)23(28)25-15-18-10-5-7-14-22(18)30-3/h4-14,21H,15-16H2,1-3H3,(H,25,28)(H,26,29). The minimum absolute atomic E-state index is 0.0675. The zero-order valence-electron chi connectivity index (χ0n) is 17.5. The lowest BCUT2D eigenvalue weighted by atomic mass is 9.98. The van der Waals surface area contributed by atoms with E-state index in [0.717, 1.165) is 21.9 Å². The van der Waals surface area contributed by atoms with Crippen molar-refractivity contribution < 1.29 is 14.3 Å². The monoisotopic (exact) mass is 405 g/mol. The summed E-state index contributed by atoms with van der Waals surface area (Å²) < 4.78 is 5.27. The zero-order chi connectivity index (χ0) is 21.5. The summed E-state index contributed by atoms with van der Waals surface area (Å²) in [5, 5.41) is 7.69. The third-order valence-corrected chi connectivity index (χ3v) is 5.10.